The molecule has 0 aliphatic heterocycles. The predicted molar refractivity (Wildman–Crippen MR) is 137 cm³/mol. The van der Waals surface area contributed by atoms with Gasteiger partial charge in [0.1, 0.15) is 12.1 Å². The van der Waals surface area contributed by atoms with E-state index < -0.39 is 44.3 Å². The smallest absolute Gasteiger partial charge is 0.328 e. The van der Waals surface area contributed by atoms with Gasteiger partial charge in [0.05, 0.1) is 12.7 Å². The summed E-state index contributed by atoms with van der Waals surface area (Å²) in [5.41, 5.74) is 0. The zero-order valence-corrected chi connectivity index (χ0v) is 21.5. The molecule has 9 heteroatoms. The summed E-state index contributed by atoms with van der Waals surface area (Å²) in [7, 11) is -3.04. The molecule has 35 heavy (non-hydrogen) atoms. The first-order valence-corrected chi connectivity index (χ1v) is 13.2. The molecule has 2 aromatic rings. The number of aliphatic carboxylic acids is 1. The molecule has 0 aromatic heterocycles. The second-order valence-electron chi connectivity index (χ2n) is 9.30. The fourth-order valence-corrected chi connectivity index (χ4v) is 8.60. The van der Waals surface area contributed by atoms with Crippen molar-refractivity contribution in [2.45, 2.75) is 50.9 Å². The van der Waals surface area contributed by atoms with Gasteiger partial charge >= 0.3 is 5.97 Å². The fraction of sp³-hybridized carbons (Fsp3) is 0.346. The molecular weight excluding hydrogens is 464 g/mol. The SMILES string of the molecule is C=CC(=O)NC(C(=O)NC(CO[Si](c1ccccc1)(c1ccccc1)C(C)(C)C)C(=O)O)C(C)O. The van der Waals surface area contributed by atoms with Crippen LogP contribution in [0, 0.1) is 0 Å². The maximum atomic E-state index is 12.8. The summed E-state index contributed by atoms with van der Waals surface area (Å²) in [6.45, 7) is 10.5. The maximum absolute atomic E-state index is 12.8. The highest BCUT2D eigenvalue weighted by atomic mass is 28.4. The van der Waals surface area contributed by atoms with E-state index in [0.717, 1.165) is 16.4 Å². The van der Waals surface area contributed by atoms with Gasteiger partial charge in [-0.25, -0.2) is 4.79 Å². The van der Waals surface area contributed by atoms with Crippen LogP contribution in [-0.4, -0.2) is 61.1 Å². The molecule has 0 saturated heterocycles. The molecule has 8 nitrogen and oxygen atoms in total. The van der Waals surface area contributed by atoms with Crippen LogP contribution in [0.2, 0.25) is 5.04 Å². The summed E-state index contributed by atoms with van der Waals surface area (Å²) >= 11 is 0. The summed E-state index contributed by atoms with van der Waals surface area (Å²) in [6.07, 6.45) is -0.297. The fourth-order valence-electron chi connectivity index (χ4n) is 4.02. The lowest BCUT2D eigenvalue weighted by Crippen LogP contribution is -2.68. The summed E-state index contributed by atoms with van der Waals surface area (Å²) in [4.78, 5) is 36.6. The Kier molecular flexibility index (Phi) is 9.53. The van der Waals surface area contributed by atoms with E-state index in [1.165, 1.54) is 6.92 Å². The van der Waals surface area contributed by atoms with Gasteiger partial charge in [-0.3, -0.25) is 9.59 Å². The minimum absolute atomic E-state index is 0.309. The van der Waals surface area contributed by atoms with Gasteiger partial charge in [-0.05, 0) is 28.4 Å². The van der Waals surface area contributed by atoms with Gasteiger partial charge < -0.3 is 25.3 Å². The van der Waals surface area contributed by atoms with Crippen molar-refractivity contribution in [1.82, 2.24) is 10.6 Å². The molecule has 3 atom stereocenters. The molecule has 2 rings (SSSR count). The van der Waals surface area contributed by atoms with E-state index in [9.17, 15) is 24.6 Å². The van der Waals surface area contributed by atoms with E-state index in [0.29, 0.717) is 0 Å². The second-order valence-corrected chi connectivity index (χ2v) is 13.6. The first kappa shape index (κ1) is 28.0. The standard InChI is InChI=1S/C26H34N2O6Si/c1-6-22(30)28-23(18(2)29)24(31)27-21(25(32)33)17-34-35(26(3,4)5,19-13-9-7-10-14-19)20-15-11-8-12-16-20/h6-16,18,21,23,29H,1,17H2,2-5H3,(H,27,31)(H,28,30)(H,32,33). The molecule has 0 saturated carbocycles. The van der Waals surface area contributed by atoms with Gasteiger partial charge in [-0.2, -0.15) is 0 Å². The van der Waals surface area contributed by atoms with Crippen LogP contribution < -0.4 is 21.0 Å². The van der Waals surface area contributed by atoms with E-state index in [1.54, 1.807) is 0 Å². The zero-order chi connectivity index (χ0) is 26.2. The van der Waals surface area contributed by atoms with Crippen LogP contribution in [-0.2, 0) is 18.8 Å². The van der Waals surface area contributed by atoms with Crippen molar-refractivity contribution in [3.05, 3.63) is 73.3 Å². The average Bonchev–Trinajstić information content (AvgIpc) is 2.81. The van der Waals surface area contributed by atoms with E-state index in [2.05, 4.69) is 38.0 Å². The predicted octanol–water partition coefficient (Wildman–Crippen LogP) is 1.18. The van der Waals surface area contributed by atoms with Crippen LogP contribution in [0.4, 0.5) is 0 Å². The summed E-state index contributed by atoms with van der Waals surface area (Å²) in [6, 6.07) is 16.6. The lowest BCUT2D eigenvalue weighted by atomic mass is 10.1. The van der Waals surface area contributed by atoms with Crippen molar-refractivity contribution in [3.63, 3.8) is 0 Å². The lowest BCUT2D eigenvalue weighted by molar-refractivity contribution is -0.143. The lowest BCUT2D eigenvalue weighted by Gasteiger charge is -2.43. The minimum atomic E-state index is -3.04. The Hall–Kier alpha value is -3.27. The van der Waals surface area contributed by atoms with Crippen molar-refractivity contribution in [3.8, 4) is 0 Å². The number of aliphatic hydroxyl groups excluding tert-OH is 1. The number of carbonyl (C=O) groups excluding carboxylic acids is 2. The number of amides is 2. The van der Waals surface area contributed by atoms with Gasteiger partial charge in [0, 0.05) is 0 Å². The third-order valence-corrected chi connectivity index (χ3v) is 10.8. The van der Waals surface area contributed by atoms with E-state index in [4.69, 9.17) is 4.43 Å². The molecule has 0 heterocycles. The van der Waals surface area contributed by atoms with E-state index >= 15 is 0 Å². The molecule has 2 amide bonds. The van der Waals surface area contributed by atoms with Crippen LogP contribution in [0.1, 0.15) is 27.7 Å². The Morgan fingerprint density at radius 1 is 1.00 bits per heavy atom. The molecule has 0 aliphatic carbocycles. The largest absolute Gasteiger partial charge is 0.480 e. The van der Waals surface area contributed by atoms with Crippen LogP contribution in [0.15, 0.2) is 73.3 Å². The molecule has 188 valence electrons. The second kappa shape index (κ2) is 11.9. The highest BCUT2D eigenvalue weighted by molar-refractivity contribution is 6.99. The number of hydrogen-bond donors (Lipinski definition) is 4. The molecule has 3 unspecified atom stereocenters. The number of hydrogen-bond acceptors (Lipinski definition) is 5. The number of carboxylic acid groups (broad SMARTS) is 1. The third-order valence-electron chi connectivity index (χ3n) is 5.75. The highest BCUT2D eigenvalue weighted by Gasteiger charge is 2.50. The summed E-state index contributed by atoms with van der Waals surface area (Å²) in [5, 5.41) is 26.1. The summed E-state index contributed by atoms with van der Waals surface area (Å²) < 4.78 is 6.61. The number of benzene rings is 2. The number of carbonyl (C=O) groups is 3. The van der Waals surface area contributed by atoms with Gasteiger partial charge in [0.15, 0.2) is 0 Å². The molecule has 0 radical (unpaired) electrons. The Balaban J connectivity index is 2.42. The number of nitrogens with one attached hydrogen (secondary N) is 2. The first-order valence-electron chi connectivity index (χ1n) is 11.3. The Morgan fingerprint density at radius 3 is 1.86 bits per heavy atom. The minimum Gasteiger partial charge on any atom is -0.480 e. The van der Waals surface area contributed by atoms with Gasteiger partial charge in [-0.15, -0.1) is 0 Å². The summed E-state index contributed by atoms with van der Waals surface area (Å²) in [5.74, 6) is -2.80. The molecule has 0 aliphatic rings. The van der Waals surface area contributed by atoms with Crippen molar-refractivity contribution >= 4 is 36.5 Å². The van der Waals surface area contributed by atoms with Gasteiger partial charge in [0.2, 0.25) is 11.8 Å². The first-order chi connectivity index (χ1) is 16.4. The Morgan fingerprint density at radius 2 is 1.49 bits per heavy atom. The maximum Gasteiger partial charge on any atom is 0.328 e. The quantitative estimate of drug-likeness (QED) is 0.272. The van der Waals surface area contributed by atoms with Crippen molar-refractivity contribution in [1.29, 1.82) is 0 Å². The van der Waals surface area contributed by atoms with Crippen LogP contribution in [0.25, 0.3) is 0 Å². The average molecular weight is 499 g/mol. The zero-order valence-electron chi connectivity index (χ0n) is 20.5. The van der Waals surface area contributed by atoms with Crippen LogP contribution >= 0.6 is 0 Å². The molecular formula is C26H34N2O6Si. The molecule has 4 N–H and O–H groups in total. The monoisotopic (exact) mass is 498 g/mol. The number of carboxylic acids is 1. The Labute approximate surface area is 207 Å². The van der Waals surface area contributed by atoms with Crippen molar-refractivity contribution < 1.29 is 29.0 Å². The van der Waals surface area contributed by atoms with Gasteiger partial charge in [-0.1, -0.05) is 88.0 Å². The van der Waals surface area contributed by atoms with Crippen molar-refractivity contribution in [2.24, 2.45) is 0 Å². The number of aliphatic hydroxyl groups is 1. The van der Waals surface area contributed by atoms with Gasteiger partial charge in [0.25, 0.3) is 8.32 Å². The molecule has 0 spiro atoms. The topological polar surface area (TPSA) is 125 Å². The van der Waals surface area contributed by atoms with Crippen LogP contribution in [0.5, 0.6) is 0 Å². The molecule has 0 bridgehead atoms. The third kappa shape index (κ3) is 6.65. The van der Waals surface area contributed by atoms with E-state index in [-0.39, 0.29) is 11.6 Å². The molecule has 0 fully saturated rings. The molecule has 2 aromatic carbocycles. The van der Waals surface area contributed by atoms with Crippen LogP contribution in [0.3, 0.4) is 0 Å². The Bertz CT molecular complexity index is 982. The van der Waals surface area contributed by atoms with E-state index in [1.807, 2.05) is 60.7 Å². The number of rotatable bonds is 11. The normalized spacial score (nSPS) is 14.3. The highest BCUT2D eigenvalue weighted by Crippen LogP contribution is 2.36. The van der Waals surface area contributed by atoms with Crippen molar-refractivity contribution in [2.75, 3.05) is 6.61 Å².